The predicted octanol–water partition coefficient (Wildman–Crippen LogP) is 1.95. The van der Waals surface area contributed by atoms with E-state index in [1.54, 1.807) is 6.92 Å². The van der Waals surface area contributed by atoms with Gasteiger partial charge in [-0.1, -0.05) is 6.92 Å². The maximum Gasteiger partial charge on any atom is 0.404 e. The van der Waals surface area contributed by atoms with Crippen molar-refractivity contribution in [2.75, 3.05) is 19.8 Å². The molecule has 0 aromatic rings. The van der Waals surface area contributed by atoms with Gasteiger partial charge in [0.1, 0.15) is 6.04 Å². The van der Waals surface area contributed by atoms with Crippen molar-refractivity contribution in [1.82, 2.24) is 5.32 Å². The van der Waals surface area contributed by atoms with Gasteiger partial charge in [0, 0.05) is 12.5 Å². The molecule has 2 atom stereocenters. The Labute approximate surface area is 81.8 Å². The highest BCUT2D eigenvalue weighted by molar-refractivity contribution is 4.83. The molecule has 1 fully saturated rings. The highest BCUT2D eigenvalue weighted by Crippen LogP contribution is 2.30. The van der Waals surface area contributed by atoms with Crippen LogP contribution in [0.25, 0.3) is 0 Å². The summed E-state index contributed by atoms with van der Waals surface area (Å²) in [7, 11) is 0. The van der Waals surface area contributed by atoms with Gasteiger partial charge in [0.15, 0.2) is 0 Å². The smallest absolute Gasteiger partial charge is 0.381 e. The topological polar surface area (TPSA) is 21.3 Å². The lowest BCUT2D eigenvalue weighted by molar-refractivity contribution is -0.176. The van der Waals surface area contributed by atoms with Gasteiger partial charge in [-0.2, -0.15) is 13.2 Å². The summed E-state index contributed by atoms with van der Waals surface area (Å²) >= 11 is 0. The number of hydrogen-bond donors (Lipinski definition) is 1. The van der Waals surface area contributed by atoms with Crippen LogP contribution in [0.15, 0.2) is 0 Å². The first-order valence-electron chi connectivity index (χ1n) is 4.93. The van der Waals surface area contributed by atoms with E-state index in [9.17, 15) is 13.2 Å². The van der Waals surface area contributed by atoms with Crippen LogP contribution in [0.2, 0.25) is 0 Å². The predicted molar refractivity (Wildman–Crippen MR) is 47.1 cm³/mol. The van der Waals surface area contributed by atoms with E-state index in [0.29, 0.717) is 19.6 Å². The second-order valence-electron chi connectivity index (χ2n) is 3.55. The third-order valence-electron chi connectivity index (χ3n) is 2.44. The molecule has 1 saturated heterocycles. The minimum Gasteiger partial charge on any atom is -0.381 e. The molecule has 1 aliphatic rings. The summed E-state index contributed by atoms with van der Waals surface area (Å²) in [6.07, 6.45) is -2.85. The number of rotatable bonds is 3. The van der Waals surface area contributed by atoms with Crippen LogP contribution in [-0.4, -0.2) is 32.0 Å². The highest BCUT2D eigenvalue weighted by Gasteiger charge is 2.44. The number of ether oxygens (including phenoxy) is 1. The Morgan fingerprint density at radius 2 is 2.21 bits per heavy atom. The molecular formula is C9H16F3NO. The summed E-state index contributed by atoms with van der Waals surface area (Å²) in [5.41, 5.74) is 0. The fraction of sp³-hybridized carbons (Fsp3) is 1.00. The van der Waals surface area contributed by atoms with Gasteiger partial charge < -0.3 is 10.1 Å². The molecule has 14 heavy (non-hydrogen) atoms. The maximum absolute atomic E-state index is 12.6. The summed E-state index contributed by atoms with van der Waals surface area (Å²) in [5.74, 6) is -0.427. The molecule has 2 unspecified atom stereocenters. The second kappa shape index (κ2) is 4.98. The van der Waals surface area contributed by atoms with Crippen molar-refractivity contribution in [2.45, 2.75) is 32.0 Å². The van der Waals surface area contributed by atoms with Crippen LogP contribution in [0.3, 0.4) is 0 Å². The van der Waals surface area contributed by atoms with Gasteiger partial charge in [-0.05, 0) is 19.4 Å². The molecule has 1 rings (SSSR count). The van der Waals surface area contributed by atoms with Crippen molar-refractivity contribution in [1.29, 1.82) is 0 Å². The zero-order chi connectivity index (χ0) is 10.6. The molecule has 0 aliphatic carbocycles. The molecule has 0 bridgehead atoms. The van der Waals surface area contributed by atoms with Crippen LogP contribution in [-0.2, 0) is 4.74 Å². The Kier molecular flexibility index (Phi) is 4.19. The molecular weight excluding hydrogens is 195 g/mol. The monoisotopic (exact) mass is 211 g/mol. The molecule has 0 aromatic carbocycles. The van der Waals surface area contributed by atoms with Crippen LogP contribution in [0.4, 0.5) is 13.2 Å². The number of halogens is 3. The molecule has 1 N–H and O–H groups in total. The lowest BCUT2D eigenvalue weighted by Gasteiger charge is -2.32. The van der Waals surface area contributed by atoms with Gasteiger partial charge in [-0.3, -0.25) is 0 Å². The van der Waals surface area contributed by atoms with Gasteiger partial charge in [0.2, 0.25) is 0 Å². The Bertz CT molecular complexity index is 166. The summed E-state index contributed by atoms with van der Waals surface area (Å²) in [6.45, 7) is 2.83. The summed E-state index contributed by atoms with van der Waals surface area (Å²) in [5, 5.41) is 2.49. The largest absolute Gasteiger partial charge is 0.404 e. The Balaban J connectivity index is 2.56. The SMILES string of the molecule is CCNC(C1CCCOC1)C(F)(F)F. The molecule has 1 heterocycles. The van der Waals surface area contributed by atoms with E-state index in [0.717, 1.165) is 6.42 Å². The van der Waals surface area contributed by atoms with Crippen LogP contribution >= 0.6 is 0 Å². The zero-order valence-electron chi connectivity index (χ0n) is 8.23. The van der Waals surface area contributed by atoms with E-state index in [4.69, 9.17) is 4.74 Å². The van der Waals surface area contributed by atoms with E-state index in [1.165, 1.54) is 0 Å². The fourth-order valence-electron chi connectivity index (χ4n) is 1.80. The third kappa shape index (κ3) is 3.13. The minimum absolute atomic E-state index is 0.219. The van der Waals surface area contributed by atoms with E-state index < -0.39 is 18.1 Å². The van der Waals surface area contributed by atoms with Crippen molar-refractivity contribution in [3.63, 3.8) is 0 Å². The van der Waals surface area contributed by atoms with Crippen LogP contribution in [0, 0.1) is 5.92 Å². The van der Waals surface area contributed by atoms with Crippen molar-refractivity contribution in [2.24, 2.45) is 5.92 Å². The molecule has 0 radical (unpaired) electrons. The lowest BCUT2D eigenvalue weighted by atomic mass is 9.93. The number of nitrogens with one attached hydrogen (secondary N) is 1. The number of hydrogen-bond acceptors (Lipinski definition) is 2. The zero-order valence-corrected chi connectivity index (χ0v) is 8.23. The van der Waals surface area contributed by atoms with Gasteiger partial charge in [0.05, 0.1) is 6.61 Å². The molecule has 1 aliphatic heterocycles. The quantitative estimate of drug-likeness (QED) is 0.770. The maximum atomic E-state index is 12.6. The molecule has 0 amide bonds. The minimum atomic E-state index is -4.17. The van der Waals surface area contributed by atoms with Crippen molar-refractivity contribution < 1.29 is 17.9 Å². The summed E-state index contributed by atoms with van der Waals surface area (Å²) in [4.78, 5) is 0. The molecule has 5 heteroatoms. The van der Waals surface area contributed by atoms with Crippen molar-refractivity contribution in [3.05, 3.63) is 0 Å². The third-order valence-corrected chi connectivity index (χ3v) is 2.44. The van der Waals surface area contributed by atoms with Crippen LogP contribution in [0.5, 0.6) is 0 Å². The van der Waals surface area contributed by atoms with Gasteiger partial charge >= 0.3 is 6.18 Å². The molecule has 84 valence electrons. The van der Waals surface area contributed by atoms with E-state index in [2.05, 4.69) is 5.32 Å². The van der Waals surface area contributed by atoms with E-state index >= 15 is 0 Å². The highest BCUT2D eigenvalue weighted by atomic mass is 19.4. The van der Waals surface area contributed by atoms with Crippen molar-refractivity contribution >= 4 is 0 Å². The molecule has 0 spiro atoms. The molecule has 0 aromatic heterocycles. The second-order valence-corrected chi connectivity index (χ2v) is 3.55. The Morgan fingerprint density at radius 1 is 1.50 bits per heavy atom. The first-order valence-corrected chi connectivity index (χ1v) is 4.93. The van der Waals surface area contributed by atoms with E-state index in [1.807, 2.05) is 0 Å². The Hall–Kier alpha value is -0.290. The normalized spacial score (nSPS) is 26.1. The Morgan fingerprint density at radius 3 is 2.64 bits per heavy atom. The fourth-order valence-corrected chi connectivity index (χ4v) is 1.80. The average molecular weight is 211 g/mol. The average Bonchev–Trinajstić information content (AvgIpc) is 2.14. The first-order chi connectivity index (χ1) is 6.55. The summed E-state index contributed by atoms with van der Waals surface area (Å²) in [6, 6.07) is -1.41. The van der Waals surface area contributed by atoms with Crippen molar-refractivity contribution in [3.8, 4) is 0 Å². The summed E-state index contributed by atoms with van der Waals surface area (Å²) < 4.78 is 42.8. The lowest BCUT2D eigenvalue weighted by Crippen LogP contribution is -2.50. The van der Waals surface area contributed by atoms with E-state index in [-0.39, 0.29) is 6.61 Å². The first kappa shape index (κ1) is 11.8. The van der Waals surface area contributed by atoms with Gasteiger partial charge in [-0.15, -0.1) is 0 Å². The van der Waals surface area contributed by atoms with Gasteiger partial charge in [-0.25, -0.2) is 0 Å². The van der Waals surface area contributed by atoms with Crippen LogP contribution < -0.4 is 5.32 Å². The molecule has 2 nitrogen and oxygen atoms in total. The van der Waals surface area contributed by atoms with Crippen LogP contribution in [0.1, 0.15) is 19.8 Å². The number of alkyl halides is 3. The standard InChI is InChI=1S/C9H16F3NO/c1-2-13-8(9(10,11)12)7-4-3-5-14-6-7/h7-8,13H,2-6H2,1H3. The van der Waals surface area contributed by atoms with Gasteiger partial charge in [0.25, 0.3) is 0 Å². The molecule has 0 saturated carbocycles.